The van der Waals surface area contributed by atoms with Crippen LogP contribution < -0.4 is 0 Å². The van der Waals surface area contributed by atoms with E-state index in [9.17, 15) is 18.3 Å². The summed E-state index contributed by atoms with van der Waals surface area (Å²) >= 11 is 0. The first-order valence-corrected chi connectivity index (χ1v) is 6.92. The second-order valence-corrected chi connectivity index (χ2v) is 5.76. The maximum atomic E-state index is 11.7. The molecular formula is C11H9NO6S. The van der Waals surface area contributed by atoms with Crippen molar-refractivity contribution in [3.05, 3.63) is 30.0 Å². The Hall–Kier alpha value is -2.35. The number of aromatic carboxylic acids is 1. The minimum Gasteiger partial charge on any atom is -0.507 e. The summed E-state index contributed by atoms with van der Waals surface area (Å²) in [5, 5.41) is 21.9. The normalized spacial score (nSPS) is 11.4. The highest BCUT2D eigenvalue weighted by Crippen LogP contribution is 2.33. The summed E-state index contributed by atoms with van der Waals surface area (Å²) in [5.74, 6) is -2.17. The third kappa shape index (κ3) is 2.43. The van der Waals surface area contributed by atoms with Gasteiger partial charge >= 0.3 is 5.97 Å². The van der Waals surface area contributed by atoms with E-state index in [0.29, 0.717) is 0 Å². The molecule has 0 aliphatic heterocycles. The van der Waals surface area contributed by atoms with Crippen molar-refractivity contribution >= 4 is 15.8 Å². The molecule has 8 heteroatoms. The van der Waals surface area contributed by atoms with Gasteiger partial charge in [-0.3, -0.25) is 0 Å². The van der Waals surface area contributed by atoms with Gasteiger partial charge in [0.1, 0.15) is 16.3 Å². The Balaban J connectivity index is 2.69. The molecule has 0 aliphatic rings. The van der Waals surface area contributed by atoms with E-state index >= 15 is 0 Å². The lowest BCUT2D eigenvalue weighted by Crippen LogP contribution is -2.00. The minimum atomic E-state index is -3.70. The van der Waals surface area contributed by atoms with Gasteiger partial charge in [0.25, 0.3) is 0 Å². The number of phenolic OH excluding ortho intramolecular Hbond substituents is 1. The minimum absolute atomic E-state index is 0.0220. The lowest BCUT2D eigenvalue weighted by atomic mass is 10.1. The van der Waals surface area contributed by atoms with Crippen molar-refractivity contribution in [1.29, 1.82) is 0 Å². The van der Waals surface area contributed by atoms with Gasteiger partial charge in [0.2, 0.25) is 5.76 Å². The van der Waals surface area contributed by atoms with Gasteiger partial charge in [0.05, 0.1) is 0 Å². The zero-order chi connectivity index (χ0) is 14.2. The first-order chi connectivity index (χ1) is 8.80. The maximum absolute atomic E-state index is 11.7. The molecule has 0 amide bonds. The Bertz CT molecular complexity index is 746. The van der Waals surface area contributed by atoms with Crippen LogP contribution in [0.4, 0.5) is 0 Å². The van der Waals surface area contributed by atoms with E-state index in [-0.39, 0.29) is 16.2 Å². The van der Waals surface area contributed by atoms with Crippen LogP contribution >= 0.6 is 0 Å². The van der Waals surface area contributed by atoms with Gasteiger partial charge in [-0.2, -0.15) is 0 Å². The average molecular weight is 283 g/mol. The highest BCUT2D eigenvalue weighted by Gasteiger charge is 2.22. The van der Waals surface area contributed by atoms with Crippen LogP contribution in [-0.2, 0) is 9.84 Å². The molecule has 0 bridgehead atoms. The lowest BCUT2D eigenvalue weighted by Gasteiger charge is -2.06. The van der Waals surface area contributed by atoms with Gasteiger partial charge in [0, 0.05) is 17.9 Å². The van der Waals surface area contributed by atoms with Crippen LogP contribution in [0.2, 0.25) is 0 Å². The second-order valence-electron chi connectivity index (χ2n) is 3.81. The molecule has 0 saturated carbocycles. The molecule has 0 spiro atoms. The molecule has 19 heavy (non-hydrogen) atoms. The van der Waals surface area contributed by atoms with E-state index in [2.05, 4.69) is 9.68 Å². The Kier molecular flexibility index (Phi) is 3.03. The van der Waals surface area contributed by atoms with Crippen molar-refractivity contribution in [2.24, 2.45) is 0 Å². The molecular weight excluding hydrogens is 274 g/mol. The van der Waals surface area contributed by atoms with E-state index in [1.807, 2.05) is 0 Å². The standard InChI is InChI=1S/C11H9NO6S/c1-19(16,17)10-6(3-2-4-8(10)13)7-5-9(11(14)15)18-12-7/h2-5,13H,1H3,(H,14,15). The number of rotatable bonds is 3. The van der Waals surface area contributed by atoms with Crippen molar-refractivity contribution in [1.82, 2.24) is 5.16 Å². The smallest absolute Gasteiger partial charge is 0.374 e. The first-order valence-electron chi connectivity index (χ1n) is 5.03. The largest absolute Gasteiger partial charge is 0.507 e. The van der Waals surface area contributed by atoms with Crippen molar-refractivity contribution in [3.8, 4) is 17.0 Å². The molecule has 2 N–H and O–H groups in total. The number of hydrogen-bond acceptors (Lipinski definition) is 6. The van der Waals surface area contributed by atoms with Gasteiger partial charge in [-0.05, 0) is 6.07 Å². The first kappa shape index (κ1) is 13.1. The average Bonchev–Trinajstić information content (AvgIpc) is 2.75. The van der Waals surface area contributed by atoms with Crippen LogP contribution in [0.1, 0.15) is 10.6 Å². The van der Waals surface area contributed by atoms with Crippen LogP contribution in [0.25, 0.3) is 11.3 Å². The fourth-order valence-electron chi connectivity index (χ4n) is 1.62. The Morgan fingerprint density at radius 2 is 2.05 bits per heavy atom. The highest BCUT2D eigenvalue weighted by molar-refractivity contribution is 7.91. The fourth-order valence-corrected chi connectivity index (χ4v) is 2.64. The quantitative estimate of drug-likeness (QED) is 0.867. The highest BCUT2D eigenvalue weighted by atomic mass is 32.2. The van der Waals surface area contributed by atoms with Crippen molar-refractivity contribution in [2.45, 2.75) is 4.90 Å². The van der Waals surface area contributed by atoms with Crippen molar-refractivity contribution < 1.29 is 27.9 Å². The van der Waals surface area contributed by atoms with Crippen LogP contribution in [0.5, 0.6) is 5.75 Å². The molecule has 0 fully saturated rings. The molecule has 1 aromatic heterocycles. The Morgan fingerprint density at radius 1 is 1.37 bits per heavy atom. The Morgan fingerprint density at radius 3 is 2.58 bits per heavy atom. The summed E-state index contributed by atoms with van der Waals surface area (Å²) in [7, 11) is -3.70. The number of aromatic nitrogens is 1. The second kappa shape index (κ2) is 4.39. The van der Waals surface area contributed by atoms with Crippen LogP contribution in [0.15, 0.2) is 33.7 Å². The number of nitrogens with zero attached hydrogens (tertiary/aromatic N) is 1. The van der Waals surface area contributed by atoms with E-state index in [1.54, 1.807) is 0 Å². The van der Waals surface area contributed by atoms with E-state index < -0.39 is 27.3 Å². The number of carbonyl (C=O) groups is 1. The molecule has 7 nitrogen and oxygen atoms in total. The van der Waals surface area contributed by atoms with Gasteiger partial charge in [-0.25, -0.2) is 13.2 Å². The molecule has 1 heterocycles. The molecule has 0 aliphatic carbocycles. The van der Waals surface area contributed by atoms with Crippen LogP contribution in [-0.4, -0.2) is 36.0 Å². The van der Waals surface area contributed by atoms with E-state index in [1.165, 1.54) is 18.2 Å². The number of hydrogen-bond donors (Lipinski definition) is 2. The maximum Gasteiger partial charge on any atom is 0.374 e. The van der Waals surface area contributed by atoms with Gasteiger partial charge < -0.3 is 14.7 Å². The topological polar surface area (TPSA) is 118 Å². The number of sulfone groups is 1. The molecule has 0 atom stereocenters. The zero-order valence-electron chi connectivity index (χ0n) is 9.69. The number of carboxylic acid groups (broad SMARTS) is 1. The molecule has 100 valence electrons. The molecule has 2 aromatic rings. The number of benzene rings is 1. The summed E-state index contributed by atoms with van der Waals surface area (Å²) in [6.07, 6.45) is 0.934. The third-order valence-electron chi connectivity index (χ3n) is 2.36. The number of carboxylic acids is 1. The van der Waals surface area contributed by atoms with E-state index in [0.717, 1.165) is 12.3 Å². The Labute approximate surface area is 108 Å². The molecule has 0 radical (unpaired) electrons. The number of phenols is 1. The summed E-state index contributed by atoms with van der Waals surface area (Å²) in [5.41, 5.74) is 0.104. The van der Waals surface area contributed by atoms with Crippen LogP contribution in [0, 0.1) is 0 Å². The van der Waals surface area contributed by atoms with E-state index in [4.69, 9.17) is 5.11 Å². The van der Waals surface area contributed by atoms with Gasteiger partial charge in [-0.1, -0.05) is 17.3 Å². The van der Waals surface area contributed by atoms with Gasteiger partial charge in [-0.15, -0.1) is 0 Å². The predicted molar refractivity (Wildman–Crippen MR) is 63.7 cm³/mol. The summed E-state index contributed by atoms with van der Waals surface area (Å²) in [4.78, 5) is 10.4. The number of aromatic hydroxyl groups is 1. The molecule has 0 saturated heterocycles. The molecule has 2 rings (SSSR count). The zero-order valence-corrected chi connectivity index (χ0v) is 10.5. The van der Waals surface area contributed by atoms with Crippen LogP contribution in [0.3, 0.4) is 0 Å². The summed E-state index contributed by atoms with van der Waals surface area (Å²) in [6, 6.07) is 5.14. The van der Waals surface area contributed by atoms with Gasteiger partial charge in [0.15, 0.2) is 9.84 Å². The monoisotopic (exact) mass is 283 g/mol. The summed E-state index contributed by atoms with van der Waals surface area (Å²) < 4.78 is 27.9. The van der Waals surface area contributed by atoms with Crippen molar-refractivity contribution in [3.63, 3.8) is 0 Å². The summed E-state index contributed by atoms with van der Waals surface area (Å²) in [6.45, 7) is 0. The molecule has 0 unspecified atom stereocenters. The SMILES string of the molecule is CS(=O)(=O)c1c(O)cccc1-c1cc(C(=O)O)on1. The fraction of sp³-hybridized carbons (Fsp3) is 0.0909. The van der Waals surface area contributed by atoms with Crippen molar-refractivity contribution in [2.75, 3.05) is 6.26 Å². The predicted octanol–water partition coefficient (Wildman–Crippen LogP) is 1.15. The molecule has 1 aromatic carbocycles. The third-order valence-corrected chi connectivity index (χ3v) is 3.53. The lowest BCUT2D eigenvalue weighted by molar-refractivity contribution is 0.0652.